The van der Waals surface area contributed by atoms with E-state index >= 15 is 0 Å². The lowest BCUT2D eigenvalue weighted by atomic mass is 10.4. The van der Waals surface area contributed by atoms with Gasteiger partial charge in [0, 0.05) is 25.9 Å². The number of unbranched alkanes of at least 4 members (excludes halogenated alkanes) is 1. The maximum atomic E-state index is 10.7. The number of carbonyl (C=O) groups excluding carboxylic acids is 2. The molecule has 0 aliphatic carbocycles. The summed E-state index contributed by atoms with van der Waals surface area (Å²) in [6.07, 6.45) is 4.48. The average Bonchev–Trinajstić information content (AvgIpc) is 2.69. The van der Waals surface area contributed by atoms with Crippen molar-refractivity contribution in [3.63, 3.8) is 0 Å². The van der Waals surface area contributed by atoms with Crippen molar-refractivity contribution in [3.8, 4) is 0 Å². The molecule has 0 N–H and O–H groups in total. The second-order valence-corrected chi connectivity index (χ2v) is 4.93. The lowest BCUT2D eigenvalue weighted by Gasteiger charge is -2.06. The van der Waals surface area contributed by atoms with Crippen molar-refractivity contribution >= 4 is 11.9 Å². The van der Waals surface area contributed by atoms with E-state index in [2.05, 4.69) is 29.6 Å². The molecule has 0 fully saturated rings. The van der Waals surface area contributed by atoms with Crippen LogP contribution in [-0.2, 0) is 38.0 Å². The molecule has 0 aromatic carbocycles. The van der Waals surface area contributed by atoms with Gasteiger partial charge in [0.05, 0.1) is 39.6 Å². The zero-order valence-corrected chi connectivity index (χ0v) is 16.6. The summed E-state index contributed by atoms with van der Waals surface area (Å²) in [6.45, 7) is 13.0. The molecule has 0 atom stereocenters. The molecule has 0 unspecified atom stereocenters. The highest BCUT2D eigenvalue weighted by atomic mass is 16.6. The Bertz CT molecular complexity index is 371. The number of ether oxygens (including phenoxy) is 6. The number of carbonyl (C=O) groups is 2. The molecule has 8 nitrogen and oxygen atoms in total. The number of esters is 2. The third kappa shape index (κ3) is 26.6. The van der Waals surface area contributed by atoms with Gasteiger partial charge in [-0.3, -0.25) is 0 Å². The van der Waals surface area contributed by atoms with Gasteiger partial charge in [-0.05, 0) is 6.42 Å². The smallest absolute Gasteiger partial charge is 0.330 e. The van der Waals surface area contributed by atoms with Crippen LogP contribution in [-0.4, -0.2) is 78.5 Å². The molecule has 0 bridgehead atoms. The van der Waals surface area contributed by atoms with Gasteiger partial charge in [-0.2, -0.15) is 0 Å². The van der Waals surface area contributed by atoms with E-state index < -0.39 is 11.9 Å². The van der Waals surface area contributed by atoms with Crippen molar-refractivity contribution in [2.24, 2.45) is 0 Å². The van der Waals surface area contributed by atoms with E-state index in [1.165, 1.54) is 0 Å². The molecule has 0 aliphatic heterocycles. The Balaban J connectivity index is 0. The lowest BCUT2D eigenvalue weighted by Crippen LogP contribution is -2.13. The summed E-state index contributed by atoms with van der Waals surface area (Å²) in [4.78, 5) is 21.0. The lowest BCUT2D eigenvalue weighted by molar-refractivity contribution is -0.140. The summed E-state index contributed by atoms with van der Waals surface area (Å²) < 4.78 is 29.7. The molecule has 0 rings (SSSR count). The van der Waals surface area contributed by atoms with Crippen LogP contribution >= 0.6 is 0 Å². The van der Waals surface area contributed by atoms with Crippen molar-refractivity contribution < 1.29 is 38.0 Å². The molecule has 0 spiro atoms. The van der Waals surface area contributed by atoms with E-state index in [1.54, 1.807) is 7.11 Å². The Labute approximate surface area is 162 Å². The molecule has 0 aliphatic rings. The summed E-state index contributed by atoms with van der Waals surface area (Å²) >= 11 is 0. The van der Waals surface area contributed by atoms with Crippen molar-refractivity contribution in [1.29, 1.82) is 0 Å². The summed E-state index contributed by atoms with van der Waals surface area (Å²) in [5, 5.41) is 0. The Morgan fingerprint density at radius 2 is 1.11 bits per heavy atom. The van der Waals surface area contributed by atoms with Gasteiger partial charge < -0.3 is 28.4 Å². The zero-order chi connectivity index (χ0) is 20.6. The predicted molar refractivity (Wildman–Crippen MR) is 102 cm³/mol. The summed E-state index contributed by atoms with van der Waals surface area (Å²) in [5.74, 6) is -0.842. The van der Waals surface area contributed by atoms with Crippen LogP contribution in [0.4, 0.5) is 0 Å². The fraction of sp³-hybridized carbons (Fsp3) is 0.684. The van der Waals surface area contributed by atoms with E-state index in [-0.39, 0.29) is 6.61 Å². The van der Waals surface area contributed by atoms with E-state index in [1.807, 2.05) is 0 Å². The van der Waals surface area contributed by atoms with Crippen LogP contribution < -0.4 is 0 Å². The van der Waals surface area contributed by atoms with Gasteiger partial charge in [0.1, 0.15) is 13.2 Å². The largest absolute Gasteiger partial charge is 0.460 e. The molecule has 0 amide bonds. The van der Waals surface area contributed by atoms with Gasteiger partial charge in [0.2, 0.25) is 0 Å². The molecule has 27 heavy (non-hydrogen) atoms. The monoisotopic (exact) mass is 390 g/mol. The number of hydrogen-bond acceptors (Lipinski definition) is 8. The standard InChI is InChI=1S/C13H24O5.C6H10O3/c1-3-5-6-15-7-8-16-9-10-17-11-12-18-13(14)4-2;1-3-6(7)9-5-4-8-2/h4H,2-3,5-12H2,1H3;3H,1,4-5H2,2H3. The third-order valence-electron chi connectivity index (χ3n) is 2.72. The first-order chi connectivity index (χ1) is 13.1. The average molecular weight is 390 g/mol. The van der Waals surface area contributed by atoms with E-state index in [0.29, 0.717) is 46.2 Å². The van der Waals surface area contributed by atoms with E-state index in [4.69, 9.17) is 18.9 Å². The van der Waals surface area contributed by atoms with Gasteiger partial charge >= 0.3 is 11.9 Å². The van der Waals surface area contributed by atoms with Crippen LogP contribution in [0, 0.1) is 0 Å². The van der Waals surface area contributed by atoms with Crippen LogP contribution in [0.2, 0.25) is 0 Å². The molecule has 0 saturated carbocycles. The van der Waals surface area contributed by atoms with Crippen molar-refractivity contribution in [2.45, 2.75) is 19.8 Å². The highest BCUT2D eigenvalue weighted by Crippen LogP contribution is 1.88. The normalized spacial score (nSPS) is 9.70. The molecule has 158 valence electrons. The van der Waals surface area contributed by atoms with Gasteiger partial charge in [-0.15, -0.1) is 0 Å². The summed E-state index contributed by atoms with van der Waals surface area (Å²) in [7, 11) is 1.54. The minimum atomic E-state index is -0.431. The second kappa shape index (κ2) is 24.3. The number of methoxy groups -OCH3 is 1. The van der Waals surface area contributed by atoms with Crippen LogP contribution in [0.15, 0.2) is 25.3 Å². The maximum absolute atomic E-state index is 10.7. The topological polar surface area (TPSA) is 89.5 Å². The highest BCUT2D eigenvalue weighted by Gasteiger charge is 1.95. The third-order valence-corrected chi connectivity index (χ3v) is 2.72. The minimum Gasteiger partial charge on any atom is -0.460 e. The minimum absolute atomic E-state index is 0.241. The Morgan fingerprint density at radius 3 is 1.52 bits per heavy atom. The van der Waals surface area contributed by atoms with E-state index in [9.17, 15) is 9.59 Å². The van der Waals surface area contributed by atoms with Gasteiger partial charge in [0.15, 0.2) is 0 Å². The van der Waals surface area contributed by atoms with Crippen LogP contribution in [0.3, 0.4) is 0 Å². The summed E-state index contributed by atoms with van der Waals surface area (Å²) in [5.41, 5.74) is 0. The van der Waals surface area contributed by atoms with Crippen LogP contribution in [0.1, 0.15) is 19.8 Å². The van der Waals surface area contributed by atoms with E-state index in [0.717, 1.165) is 31.6 Å². The first-order valence-electron chi connectivity index (χ1n) is 8.92. The second-order valence-electron chi connectivity index (χ2n) is 4.93. The first-order valence-corrected chi connectivity index (χ1v) is 8.92. The molecule has 0 saturated heterocycles. The molecule has 0 aromatic rings. The van der Waals surface area contributed by atoms with Gasteiger partial charge in [-0.1, -0.05) is 26.5 Å². The SMILES string of the molecule is C=CC(=O)OCCOC.C=CC(=O)OCCOCCOCCOCCCC. The zero-order valence-electron chi connectivity index (χ0n) is 16.6. The van der Waals surface area contributed by atoms with Crippen molar-refractivity contribution in [2.75, 3.05) is 66.6 Å². The predicted octanol–water partition coefficient (Wildman–Crippen LogP) is 1.93. The highest BCUT2D eigenvalue weighted by molar-refractivity contribution is 5.81. The van der Waals surface area contributed by atoms with Gasteiger partial charge in [-0.25, -0.2) is 9.59 Å². The quantitative estimate of drug-likeness (QED) is 0.211. The molecule has 0 heterocycles. The van der Waals surface area contributed by atoms with Gasteiger partial charge in [0.25, 0.3) is 0 Å². The van der Waals surface area contributed by atoms with Crippen LogP contribution in [0.25, 0.3) is 0 Å². The molecule has 0 aromatic heterocycles. The fourth-order valence-corrected chi connectivity index (χ4v) is 1.33. The van der Waals surface area contributed by atoms with Crippen LogP contribution in [0.5, 0.6) is 0 Å². The summed E-state index contributed by atoms with van der Waals surface area (Å²) in [6, 6.07) is 0. The number of hydrogen-bond donors (Lipinski definition) is 0. The Hall–Kier alpha value is -1.74. The van der Waals surface area contributed by atoms with Crippen molar-refractivity contribution in [3.05, 3.63) is 25.3 Å². The first kappa shape index (κ1) is 27.5. The molecular formula is C19H34O8. The molecular weight excluding hydrogens is 356 g/mol. The fourth-order valence-electron chi connectivity index (χ4n) is 1.33. The Kier molecular flexibility index (Phi) is 24.7. The molecule has 0 radical (unpaired) electrons. The molecule has 8 heteroatoms. The Morgan fingerprint density at radius 1 is 0.704 bits per heavy atom. The van der Waals surface area contributed by atoms with Crippen molar-refractivity contribution in [1.82, 2.24) is 0 Å². The number of rotatable bonds is 17. The maximum Gasteiger partial charge on any atom is 0.330 e.